The number of hydrogen-bond acceptors (Lipinski definition) is 6. The molecule has 5 nitrogen and oxygen atoms in total. The predicted octanol–water partition coefficient (Wildman–Crippen LogP) is 3.75. The van der Waals surface area contributed by atoms with E-state index in [1.807, 2.05) is 11.3 Å². The molecule has 3 heterocycles. The van der Waals surface area contributed by atoms with Crippen molar-refractivity contribution in [2.45, 2.75) is 70.0 Å². The van der Waals surface area contributed by atoms with E-state index >= 15 is 0 Å². The highest BCUT2D eigenvalue weighted by Crippen LogP contribution is 2.42. The van der Waals surface area contributed by atoms with Crippen molar-refractivity contribution in [1.29, 1.82) is 0 Å². The number of likely N-dealkylation sites (tertiary alicyclic amines) is 1. The Labute approximate surface area is 159 Å². The molecule has 0 amide bonds. The highest BCUT2D eigenvalue weighted by atomic mass is 32.1. The Hall–Kier alpha value is -1.53. The summed E-state index contributed by atoms with van der Waals surface area (Å²) in [5.74, 6) is 1.91. The number of aromatic nitrogens is 3. The van der Waals surface area contributed by atoms with Gasteiger partial charge in [0.15, 0.2) is 0 Å². The van der Waals surface area contributed by atoms with Gasteiger partial charge in [-0.25, -0.2) is 15.0 Å². The molecule has 0 aromatic carbocycles. The Morgan fingerprint density at radius 3 is 2.50 bits per heavy atom. The zero-order valence-electron chi connectivity index (χ0n) is 15.5. The van der Waals surface area contributed by atoms with Crippen molar-refractivity contribution in [2.75, 3.05) is 18.0 Å². The molecular weight excluding hydrogens is 342 g/mol. The van der Waals surface area contributed by atoms with Crippen LogP contribution in [0.3, 0.4) is 0 Å². The molecule has 26 heavy (non-hydrogen) atoms. The Morgan fingerprint density at radius 2 is 1.81 bits per heavy atom. The van der Waals surface area contributed by atoms with Gasteiger partial charge in [0.2, 0.25) is 0 Å². The first-order valence-electron chi connectivity index (χ1n) is 10.0. The molecular formula is C20H27N5S. The summed E-state index contributed by atoms with van der Waals surface area (Å²) in [4.78, 5) is 20.1. The van der Waals surface area contributed by atoms with Crippen LogP contribution in [-0.2, 0) is 6.54 Å². The smallest absolute Gasteiger partial charge is 0.132 e. The molecule has 0 bridgehead atoms. The minimum absolute atomic E-state index is 0.622. The third-order valence-electron chi connectivity index (χ3n) is 5.82. The van der Waals surface area contributed by atoms with Gasteiger partial charge in [-0.1, -0.05) is 0 Å². The topological polar surface area (TPSA) is 45.2 Å². The van der Waals surface area contributed by atoms with Crippen LogP contribution >= 0.6 is 11.3 Å². The first kappa shape index (κ1) is 16.6. The van der Waals surface area contributed by atoms with E-state index < -0.39 is 0 Å². The summed E-state index contributed by atoms with van der Waals surface area (Å²) in [6, 6.07) is 3.47. The van der Waals surface area contributed by atoms with Gasteiger partial charge in [-0.3, -0.25) is 4.90 Å². The average Bonchev–Trinajstić information content (AvgIpc) is 3.57. The zero-order valence-corrected chi connectivity index (χ0v) is 16.3. The summed E-state index contributed by atoms with van der Waals surface area (Å²) in [5.41, 5.74) is 1.06. The van der Waals surface area contributed by atoms with Gasteiger partial charge in [0, 0.05) is 60.5 Å². The molecule has 0 N–H and O–H groups in total. The minimum Gasteiger partial charge on any atom is -0.350 e. The van der Waals surface area contributed by atoms with Crippen LogP contribution in [0.5, 0.6) is 0 Å². The van der Waals surface area contributed by atoms with Crippen molar-refractivity contribution >= 4 is 17.2 Å². The molecule has 3 aliphatic rings. The lowest BCUT2D eigenvalue weighted by atomic mass is 10.0. The molecule has 0 unspecified atom stereocenters. The maximum absolute atomic E-state index is 4.64. The third kappa shape index (κ3) is 3.62. The van der Waals surface area contributed by atoms with Gasteiger partial charge in [0.25, 0.3) is 0 Å². The van der Waals surface area contributed by atoms with Gasteiger partial charge < -0.3 is 4.90 Å². The first-order chi connectivity index (χ1) is 12.8. The molecule has 2 aromatic rings. The van der Waals surface area contributed by atoms with Gasteiger partial charge in [-0.2, -0.15) is 0 Å². The summed E-state index contributed by atoms with van der Waals surface area (Å²) in [5, 5.41) is 1.37. The lowest BCUT2D eigenvalue weighted by Gasteiger charge is -2.39. The van der Waals surface area contributed by atoms with Crippen LogP contribution in [0.15, 0.2) is 18.6 Å². The second-order valence-corrected chi connectivity index (χ2v) is 9.25. The summed E-state index contributed by atoms with van der Waals surface area (Å²) >= 11 is 1.94. The molecule has 3 fully saturated rings. The Balaban J connectivity index is 1.21. The van der Waals surface area contributed by atoms with E-state index in [2.05, 4.69) is 43.9 Å². The van der Waals surface area contributed by atoms with Crippen molar-refractivity contribution in [1.82, 2.24) is 19.9 Å². The van der Waals surface area contributed by atoms with Crippen LogP contribution in [0.1, 0.15) is 60.0 Å². The summed E-state index contributed by atoms with van der Waals surface area (Å²) < 4.78 is 0. The standard InChI is InChI=1S/C20H27N5S/c1-14-10-19(23-13-22-14)25(16-4-5-16)17-6-8-24(9-7-17)12-18-11-21-20(26-18)15-2-3-15/h10-11,13,15-17H,2-9,12H2,1H3. The fraction of sp³-hybridized carbons (Fsp3) is 0.650. The van der Waals surface area contributed by atoms with Crippen molar-refractivity contribution < 1.29 is 0 Å². The maximum atomic E-state index is 4.64. The van der Waals surface area contributed by atoms with E-state index in [0.29, 0.717) is 12.1 Å². The van der Waals surface area contributed by atoms with E-state index in [1.165, 1.54) is 61.5 Å². The monoisotopic (exact) mass is 369 g/mol. The Morgan fingerprint density at radius 1 is 1.04 bits per heavy atom. The number of nitrogens with zero attached hydrogens (tertiary/aromatic N) is 5. The van der Waals surface area contributed by atoms with E-state index in [4.69, 9.17) is 0 Å². The molecule has 0 radical (unpaired) electrons. The van der Waals surface area contributed by atoms with Crippen molar-refractivity contribution in [3.05, 3.63) is 34.2 Å². The predicted molar refractivity (Wildman–Crippen MR) is 105 cm³/mol. The van der Waals surface area contributed by atoms with Crippen LogP contribution in [0.2, 0.25) is 0 Å². The molecule has 0 spiro atoms. The molecule has 2 saturated carbocycles. The zero-order chi connectivity index (χ0) is 17.5. The molecule has 5 rings (SSSR count). The summed E-state index contributed by atoms with van der Waals surface area (Å²) in [6.07, 6.45) is 11.6. The number of rotatable bonds is 6. The lowest BCUT2D eigenvalue weighted by molar-refractivity contribution is 0.202. The minimum atomic E-state index is 0.622. The highest BCUT2D eigenvalue weighted by molar-refractivity contribution is 7.11. The molecule has 6 heteroatoms. The largest absolute Gasteiger partial charge is 0.350 e. The van der Waals surface area contributed by atoms with E-state index in [0.717, 1.165) is 24.0 Å². The Bertz CT molecular complexity index is 759. The van der Waals surface area contributed by atoms with Gasteiger partial charge in [-0.05, 0) is 45.4 Å². The molecule has 138 valence electrons. The molecule has 0 atom stereocenters. The second kappa shape index (κ2) is 6.89. The van der Waals surface area contributed by atoms with Crippen molar-refractivity contribution in [3.63, 3.8) is 0 Å². The highest BCUT2D eigenvalue weighted by Gasteiger charge is 2.36. The van der Waals surface area contributed by atoms with Crippen LogP contribution in [0.4, 0.5) is 5.82 Å². The van der Waals surface area contributed by atoms with E-state index in [-0.39, 0.29) is 0 Å². The van der Waals surface area contributed by atoms with Gasteiger partial charge in [-0.15, -0.1) is 11.3 Å². The second-order valence-electron chi connectivity index (χ2n) is 8.10. The number of anilines is 1. The molecule has 2 aromatic heterocycles. The lowest BCUT2D eigenvalue weighted by Crippen LogP contribution is -2.46. The van der Waals surface area contributed by atoms with E-state index in [9.17, 15) is 0 Å². The summed E-state index contributed by atoms with van der Waals surface area (Å²) in [7, 11) is 0. The first-order valence-corrected chi connectivity index (χ1v) is 10.8. The van der Waals surface area contributed by atoms with E-state index in [1.54, 1.807) is 6.33 Å². The fourth-order valence-corrected chi connectivity index (χ4v) is 5.23. The van der Waals surface area contributed by atoms with Crippen LogP contribution in [0, 0.1) is 6.92 Å². The van der Waals surface area contributed by atoms with Gasteiger partial charge in [0.05, 0.1) is 5.01 Å². The average molecular weight is 370 g/mol. The van der Waals surface area contributed by atoms with Crippen LogP contribution < -0.4 is 4.90 Å². The number of aryl methyl sites for hydroxylation is 1. The number of piperidine rings is 1. The maximum Gasteiger partial charge on any atom is 0.132 e. The van der Waals surface area contributed by atoms with Gasteiger partial charge >= 0.3 is 0 Å². The normalized spacial score (nSPS) is 21.9. The quantitative estimate of drug-likeness (QED) is 0.776. The number of thiazole rings is 1. The van der Waals surface area contributed by atoms with Gasteiger partial charge in [0.1, 0.15) is 12.1 Å². The molecule has 2 aliphatic carbocycles. The summed E-state index contributed by atoms with van der Waals surface area (Å²) in [6.45, 7) is 5.49. The molecule has 1 saturated heterocycles. The van der Waals surface area contributed by atoms with Crippen molar-refractivity contribution in [3.8, 4) is 0 Å². The molecule has 1 aliphatic heterocycles. The fourth-order valence-electron chi connectivity index (χ4n) is 4.10. The van der Waals surface area contributed by atoms with Crippen LogP contribution in [-0.4, -0.2) is 45.0 Å². The Kier molecular flexibility index (Phi) is 4.41. The SMILES string of the molecule is Cc1cc(N(C2CC2)C2CCN(Cc3cnc(C4CC4)s3)CC2)ncn1. The van der Waals surface area contributed by atoms with Crippen molar-refractivity contribution in [2.24, 2.45) is 0 Å². The van der Waals surface area contributed by atoms with Crippen LogP contribution in [0.25, 0.3) is 0 Å². The number of hydrogen-bond donors (Lipinski definition) is 0. The third-order valence-corrected chi connectivity index (χ3v) is 6.97.